The van der Waals surface area contributed by atoms with Gasteiger partial charge < -0.3 is 9.64 Å². The summed E-state index contributed by atoms with van der Waals surface area (Å²) >= 11 is 0. The minimum absolute atomic E-state index is 0.129. The van der Waals surface area contributed by atoms with Gasteiger partial charge in [-0.2, -0.15) is 0 Å². The van der Waals surface area contributed by atoms with Crippen molar-refractivity contribution < 1.29 is 14.3 Å². The fourth-order valence-corrected chi connectivity index (χ4v) is 3.95. The number of amides is 1. The summed E-state index contributed by atoms with van der Waals surface area (Å²) in [6.45, 7) is 5.32. The predicted octanol–water partition coefficient (Wildman–Crippen LogP) is 3.75. The number of benzene rings is 2. The molecule has 2 aromatic carbocycles. The van der Waals surface area contributed by atoms with E-state index in [-0.39, 0.29) is 12.5 Å². The SMILES string of the molecule is Cc1nc2cc(C(=O)OCC(=O)N3CCCC(C)C3)ccc2n1-c1ccccc1. The topological polar surface area (TPSA) is 64.4 Å². The molecule has 29 heavy (non-hydrogen) atoms. The highest BCUT2D eigenvalue weighted by atomic mass is 16.5. The Hall–Kier alpha value is -3.15. The molecule has 0 saturated carbocycles. The highest BCUT2D eigenvalue weighted by Crippen LogP contribution is 2.22. The van der Waals surface area contributed by atoms with Crippen molar-refractivity contribution in [3.05, 3.63) is 59.9 Å². The Kier molecular flexibility index (Phi) is 5.34. The van der Waals surface area contributed by atoms with Crippen LogP contribution in [-0.4, -0.2) is 46.0 Å². The summed E-state index contributed by atoms with van der Waals surface area (Å²) in [5, 5.41) is 0. The lowest BCUT2D eigenvalue weighted by molar-refractivity contribution is -0.136. The molecular formula is C23H25N3O3. The van der Waals surface area contributed by atoms with Gasteiger partial charge in [-0.05, 0) is 56.0 Å². The molecule has 0 bridgehead atoms. The average Bonchev–Trinajstić information content (AvgIpc) is 3.07. The lowest BCUT2D eigenvalue weighted by Crippen LogP contribution is -2.41. The van der Waals surface area contributed by atoms with Gasteiger partial charge in [0.15, 0.2) is 6.61 Å². The summed E-state index contributed by atoms with van der Waals surface area (Å²) in [6, 6.07) is 15.3. The Morgan fingerprint density at radius 1 is 1.17 bits per heavy atom. The summed E-state index contributed by atoms with van der Waals surface area (Å²) in [5.74, 6) is 0.701. The number of ether oxygens (including phenoxy) is 1. The number of esters is 1. The third-order valence-electron chi connectivity index (χ3n) is 5.41. The highest BCUT2D eigenvalue weighted by Gasteiger charge is 2.22. The number of carbonyl (C=O) groups excluding carboxylic acids is 2. The molecule has 0 radical (unpaired) electrons. The lowest BCUT2D eigenvalue weighted by Gasteiger charge is -2.30. The van der Waals surface area contributed by atoms with Gasteiger partial charge in [0, 0.05) is 18.8 Å². The molecule has 6 nitrogen and oxygen atoms in total. The molecule has 150 valence electrons. The van der Waals surface area contributed by atoms with Crippen LogP contribution in [0.1, 0.15) is 35.9 Å². The van der Waals surface area contributed by atoms with Gasteiger partial charge in [0.05, 0.1) is 16.6 Å². The van der Waals surface area contributed by atoms with E-state index < -0.39 is 5.97 Å². The van der Waals surface area contributed by atoms with E-state index in [1.807, 2.05) is 47.9 Å². The smallest absolute Gasteiger partial charge is 0.338 e. The van der Waals surface area contributed by atoms with Crippen LogP contribution in [0.2, 0.25) is 0 Å². The van der Waals surface area contributed by atoms with E-state index in [9.17, 15) is 9.59 Å². The third kappa shape index (κ3) is 4.01. The van der Waals surface area contributed by atoms with Crippen molar-refractivity contribution in [1.29, 1.82) is 0 Å². The molecular weight excluding hydrogens is 366 g/mol. The molecule has 1 amide bonds. The monoisotopic (exact) mass is 391 g/mol. The van der Waals surface area contributed by atoms with Crippen LogP contribution in [0, 0.1) is 12.8 Å². The maximum Gasteiger partial charge on any atom is 0.338 e. The zero-order chi connectivity index (χ0) is 20.4. The maximum absolute atomic E-state index is 12.5. The van der Waals surface area contributed by atoms with Crippen molar-refractivity contribution >= 4 is 22.9 Å². The minimum atomic E-state index is -0.503. The zero-order valence-electron chi connectivity index (χ0n) is 16.8. The first kappa shape index (κ1) is 19.2. The predicted molar refractivity (Wildman–Crippen MR) is 111 cm³/mol. The molecule has 6 heteroatoms. The van der Waals surface area contributed by atoms with E-state index >= 15 is 0 Å². The van der Waals surface area contributed by atoms with Gasteiger partial charge in [-0.3, -0.25) is 9.36 Å². The Balaban J connectivity index is 1.48. The molecule has 1 atom stereocenters. The molecule has 0 aliphatic carbocycles. The second-order valence-electron chi connectivity index (χ2n) is 7.70. The van der Waals surface area contributed by atoms with Crippen molar-refractivity contribution in [2.75, 3.05) is 19.7 Å². The molecule has 1 aliphatic rings. The van der Waals surface area contributed by atoms with E-state index in [2.05, 4.69) is 11.9 Å². The maximum atomic E-state index is 12.5. The van der Waals surface area contributed by atoms with Gasteiger partial charge in [-0.1, -0.05) is 25.1 Å². The number of fused-ring (bicyclic) bond motifs is 1. The number of para-hydroxylation sites is 1. The number of rotatable bonds is 4. The van der Waals surface area contributed by atoms with E-state index in [0.717, 1.165) is 48.5 Å². The van der Waals surface area contributed by atoms with E-state index in [4.69, 9.17) is 4.74 Å². The normalized spacial score (nSPS) is 16.8. The minimum Gasteiger partial charge on any atom is -0.452 e. The molecule has 1 fully saturated rings. The summed E-state index contributed by atoms with van der Waals surface area (Å²) in [7, 11) is 0. The largest absolute Gasteiger partial charge is 0.452 e. The Bertz CT molecular complexity index is 1040. The fourth-order valence-electron chi connectivity index (χ4n) is 3.95. The lowest BCUT2D eigenvalue weighted by atomic mass is 10.0. The first-order chi connectivity index (χ1) is 14.0. The van der Waals surface area contributed by atoms with Gasteiger partial charge in [0.25, 0.3) is 5.91 Å². The number of nitrogens with zero attached hydrogens (tertiary/aromatic N) is 3. The van der Waals surface area contributed by atoms with Gasteiger partial charge in [0.2, 0.25) is 0 Å². The fraction of sp³-hybridized carbons (Fsp3) is 0.348. The molecule has 4 rings (SSSR count). The van der Waals surface area contributed by atoms with Crippen molar-refractivity contribution in [3.8, 4) is 5.69 Å². The van der Waals surface area contributed by atoms with Crippen LogP contribution < -0.4 is 0 Å². The molecule has 1 unspecified atom stereocenters. The van der Waals surface area contributed by atoms with Crippen LogP contribution >= 0.6 is 0 Å². The molecule has 0 spiro atoms. The first-order valence-corrected chi connectivity index (χ1v) is 10.0. The van der Waals surface area contributed by atoms with Gasteiger partial charge in [-0.25, -0.2) is 9.78 Å². The summed E-state index contributed by atoms with van der Waals surface area (Å²) in [5.41, 5.74) is 3.06. The van der Waals surface area contributed by atoms with Gasteiger partial charge >= 0.3 is 5.97 Å². The van der Waals surface area contributed by atoms with E-state index in [1.54, 1.807) is 17.0 Å². The van der Waals surface area contributed by atoms with E-state index in [1.165, 1.54) is 0 Å². The first-order valence-electron chi connectivity index (χ1n) is 10.0. The standard InChI is InChI=1S/C23H25N3O3/c1-16-7-6-12-25(14-16)22(27)15-29-23(28)18-10-11-21-20(13-18)24-17(2)26(21)19-8-4-3-5-9-19/h3-5,8-11,13,16H,6-7,12,14-15H2,1-2H3. The van der Waals surface area contributed by atoms with E-state index in [0.29, 0.717) is 11.5 Å². The van der Waals surface area contributed by atoms with Gasteiger partial charge in [-0.15, -0.1) is 0 Å². The van der Waals surface area contributed by atoms with Crippen LogP contribution in [0.4, 0.5) is 0 Å². The zero-order valence-corrected chi connectivity index (χ0v) is 16.8. The summed E-state index contributed by atoms with van der Waals surface area (Å²) in [4.78, 5) is 31.2. The van der Waals surface area contributed by atoms with Crippen molar-refractivity contribution in [1.82, 2.24) is 14.5 Å². The van der Waals surface area contributed by atoms with Crippen molar-refractivity contribution in [3.63, 3.8) is 0 Å². The number of hydrogen-bond acceptors (Lipinski definition) is 4. The number of imidazole rings is 1. The van der Waals surface area contributed by atoms with Gasteiger partial charge in [0.1, 0.15) is 5.82 Å². The average molecular weight is 391 g/mol. The molecule has 1 aliphatic heterocycles. The number of aryl methyl sites for hydroxylation is 1. The van der Waals surface area contributed by atoms with Crippen LogP contribution in [0.15, 0.2) is 48.5 Å². The molecule has 0 N–H and O–H groups in total. The van der Waals surface area contributed by atoms with Crippen LogP contribution in [0.25, 0.3) is 16.7 Å². The van der Waals surface area contributed by atoms with Crippen molar-refractivity contribution in [2.45, 2.75) is 26.7 Å². The van der Waals surface area contributed by atoms with Crippen LogP contribution in [-0.2, 0) is 9.53 Å². The number of piperidine rings is 1. The molecule has 3 aromatic rings. The Morgan fingerprint density at radius 2 is 1.97 bits per heavy atom. The number of carbonyl (C=O) groups is 2. The van der Waals surface area contributed by atoms with Crippen LogP contribution in [0.5, 0.6) is 0 Å². The second kappa shape index (κ2) is 8.07. The Labute approximate surface area is 170 Å². The summed E-state index contributed by atoms with van der Waals surface area (Å²) < 4.78 is 7.33. The van der Waals surface area contributed by atoms with Crippen molar-refractivity contribution in [2.24, 2.45) is 5.92 Å². The summed E-state index contributed by atoms with van der Waals surface area (Å²) in [6.07, 6.45) is 2.14. The molecule has 1 aromatic heterocycles. The molecule has 2 heterocycles. The third-order valence-corrected chi connectivity index (χ3v) is 5.41. The highest BCUT2D eigenvalue weighted by molar-refractivity contribution is 5.95. The Morgan fingerprint density at radius 3 is 2.72 bits per heavy atom. The quantitative estimate of drug-likeness (QED) is 0.636. The number of likely N-dealkylation sites (tertiary alicyclic amines) is 1. The second-order valence-corrected chi connectivity index (χ2v) is 7.70. The number of hydrogen-bond donors (Lipinski definition) is 0. The number of aromatic nitrogens is 2. The molecule has 1 saturated heterocycles. The van der Waals surface area contributed by atoms with Crippen LogP contribution in [0.3, 0.4) is 0 Å².